The number of halogens is 3. The Kier molecular flexibility index (Phi) is 4.53. The SMILES string of the molecule is CC(C)[C@H](N)C(=O)NC(C)(C(=O)O)C(F)(F)F. The maximum atomic E-state index is 12.5. The molecule has 0 aromatic carbocycles. The Labute approximate surface area is 96.2 Å². The van der Waals surface area contributed by atoms with E-state index >= 15 is 0 Å². The van der Waals surface area contributed by atoms with Crippen LogP contribution in [0, 0.1) is 5.92 Å². The minimum absolute atomic E-state index is 0.375. The molecule has 0 aliphatic carbocycles. The standard InChI is InChI=1S/C9H15F3N2O3/c1-4(2)5(13)6(15)14-8(3,7(16)17)9(10,11)12/h4-5H,13H2,1-3H3,(H,14,15)(H,16,17)/t5-,8?/m0/s1. The summed E-state index contributed by atoms with van der Waals surface area (Å²) in [5.74, 6) is -3.74. The van der Waals surface area contributed by atoms with Gasteiger partial charge in [0.15, 0.2) is 0 Å². The molecule has 0 aliphatic heterocycles. The molecule has 100 valence electrons. The average molecular weight is 256 g/mol. The molecule has 0 rings (SSSR count). The molecule has 1 amide bonds. The number of rotatable bonds is 4. The molecule has 0 saturated carbocycles. The van der Waals surface area contributed by atoms with Gasteiger partial charge in [-0.2, -0.15) is 13.2 Å². The highest BCUT2D eigenvalue weighted by atomic mass is 19.4. The second-order valence-corrected chi connectivity index (χ2v) is 4.19. The molecule has 0 heterocycles. The van der Waals surface area contributed by atoms with Crippen LogP contribution in [0.4, 0.5) is 13.2 Å². The number of nitrogens with two attached hydrogens (primary N) is 1. The highest BCUT2D eigenvalue weighted by Gasteiger charge is 2.58. The van der Waals surface area contributed by atoms with Crippen LogP contribution in [-0.4, -0.2) is 34.7 Å². The van der Waals surface area contributed by atoms with Gasteiger partial charge in [0.05, 0.1) is 6.04 Å². The summed E-state index contributed by atoms with van der Waals surface area (Å²) in [4.78, 5) is 22.0. The largest absolute Gasteiger partial charge is 0.479 e. The average Bonchev–Trinajstić information content (AvgIpc) is 2.13. The van der Waals surface area contributed by atoms with Crippen LogP contribution in [0.5, 0.6) is 0 Å². The first kappa shape index (κ1) is 15.7. The van der Waals surface area contributed by atoms with Crippen LogP contribution < -0.4 is 11.1 Å². The number of carbonyl (C=O) groups excluding carboxylic acids is 1. The van der Waals surface area contributed by atoms with Gasteiger partial charge in [0, 0.05) is 0 Å². The zero-order chi connectivity index (χ0) is 14.0. The third-order valence-corrected chi connectivity index (χ3v) is 2.39. The van der Waals surface area contributed by atoms with E-state index in [4.69, 9.17) is 10.8 Å². The quantitative estimate of drug-likeness (QED) is 0.682. The fourth-order valence-corrected chi connectivity index (χ4v) is 0.878. The van der Waals surface area contributed by atoms with Crippen LogP contribution in [0.2, 0.25) is 0 Å². The monoisotopic (exact) mass is 256 g/mol. The van der Waals surface area contributed by atoms with Crippen LogP contribution >= 0.6 is 0 Å². The molecule has 0 bridgehead atoms. The zero-order valence-corrected chi connectivity index (χ0v) is 9.63. The van der Waals surface area contributed by atoms with Crippen molar-refractivity contribution in [2.24, 2.45) is 11.7 Å². The summed E-state index contributed by atoms with van der Waals surface area (Å²) < 4.78 is 37.6. The number of amides is 1. The molecule has 0 spiro atoms. The van der Waals surface area contributed by atoms with Crippen molar-refractivity contribution >= 4 is 11.9 Å². The Hall–Kier alpha value is -1.31. The van der Waals surface area contributed by atoms with Gasteiger partial charge in [-0.15, -0.1) is 0 Å². The molecule has 4 N–H and O–H groups in total. The molecule has 0 saturated heterocycles. The van der Waals surface area contributed by atoms with E-state index < -0.39 is 35.6 Å². The van der Waals surface area contributed by atoms with Gasteiger partial charge in [-0.3, -0.25) is 4.79 Å². The minimum Gasteiger partial charge on any atom is -0.479 e. The van der Waals surface area contributed by atoms with E-state index in [2.05, 4.69) is 0 Å². The van der Waals surface area contributed by atoms with Crippen molar-refractivity contribution in [3.8, 4) is 0 Å². The summed E-state index contributed by atoms with van der Waals surface area (Å²) in [5, 5.41) is 9.99. The van der Waals surface area contributed by atoms with Gasteiger partial charge in [-0.1, -0.05) is 13.8 Å². The Morgan fingerprint density at radius 2 is 1.71 bits per heavy atom. The molecule has 8 heteroatoms. The summed E-state index contributed by atoms with van der Waals surface area (Å²) in [6, 6.07) is -1.20. The fraction of sp³-hybridized carbons (Fsp3) is 0.778. The van der Waals surface area contributed by atoms with Crippen molar-refractivity contribution < 1.29 is 27.9 Å². The van der Waals surface area contributed by atoms with Crippen molar-refractivity contribution in [1.82, 2.24) is 5.32 Å². The lowest BCUT2D eigenvalue weighted by molar-refractivity contribution is -0.207. The van der Waals surface area contributed by atoms with Gasteiger partial charge in [-0.05, 0) is 12.8 Å². The maximum absolute atomic E-state index is 12.5. The minimum atomic E-state index is -5.11. The Morgan fingerprint density at radius 3 is 1.94 bits per heavy atom. The van der Waals surface area contributed by atoms with Gasteiger partial charge in [0.25, 0.3) is 0 Å². The van der Waals surface area contributed by atoms with Gasteiger partial charge in [0.1, 0.15) is 0 Å². The van der Waals surface area contributed by atoms with E-state index in [1.54, 1.807) is 0 Å². The van der Waals surface area contributed by atoms with Crippen LogP contribution in [0.1, 0.15) is 20.8 Å². The molecule has 0 fully saturated rings. The van der Waals surface area contributed by atoms with Gasteiger partial charge in [-0.25, -0.2) is 4.79 Å². The summed E-state index contributed by atoms with van der Waals surface area (Å²) in [7, 11) is 0. The van der Waals surface area contributed by atoms with Crippen molar-refractivity contribution in [2.75, 3.05) is 0 Å². The summed E-state index contributed by atoms with van der Waals surface area (Å²) in [5.41, 5.74) is 2.00. The van der Waals surface area contributed by atoms with Crippen molar-refractivity contribution in [1.29, 1.82) is 0 Å². The Balaban J connectivity index is 5.05. The van der Waals surface area contributed by atoms with Crippen molar-refractivity contribution in [2.45, 2.75) is 38.5 Å². The predicted molar refractivity (Wildman–Crippen MR) is 53.1 cm³/mol. The third-order valence-electron chi connectivity index (χ3n) is 2.39. The number of aliphatic carboxylic acids is 1. The molecule has 17 heavy (non-hydrogen) atoms. The zero-order valence-electron chi connectivity index (χ0n) is 9.63. The summed E-state index contributed by atoms with van der Waals surface area (Å²) >= 11 is 0. The topological polar surface area (TPSA) is 92.4 Å². The van der Waals surface area contributed by atoms with E-state index in [9.17, 15) is 22.8 Å². The van der Waals surface area contributed by atoms with Crippen LogP contribution in [0.3, 0.4) is 0 Å². The van der Waals surface area contributed by atoms with E-state index in [0.717, 1.165) is 0 Å². The predicted octanol–water partition coefficient (Wildman–Crippen LogP) is 0.491. The molecule has 0 aromatic heterocycles. The third kappa shape index (κ3) is 3.32. The molecule has 0 aromatic rings. The number of carboxylic acids is 1. The Morgan fingerprint density at radius 1 is 1.29 bits per heavy atom. The van der Waals surface area contributed by atoms with Crippen LogP contribution in [0.25, 0.3) is 0 Å². The smallest absolute Gasteiger partial charge is 0.422 e. The van der Waals surface area contributed by atoms with E-state index in [-0.39, 0.29) is 0 Å². The fourth-order valence-electron chi connectivity index (χ4n) is 0.878. The number of carboxylic acid groups (broad SMARTS) is 1. The molecular formula is C9H15F3N2O3. The first-order valence-corrected chi connectivity index (χ1v) is 4.81. The number of hydrogen-bond donors (Lipinski definition) is 3. The molecule has 1 unspecified atom stereocenters. The van der Waals surface area contributed by atoms with Crippen LogP contribution in [-0.2, 0) is 9.59 Å². The molecule has 2 atom stereocenters. The molecule has 0 radical (unpaired) electrons. The van der Waals surface area contributed by atoms with Gasteiger partial charge < -0.3 is 16.2 Å². The second-order valence-electron chi connectivity index (χ2n) is 4.19. The Bertz CT molecular complexity index is 317. The van der Waals surface area contributed by atoms with E-state index in [1.165, 1.54) is 19.2 Å². The molecule has 5 nitrogen and oxygen atoms in total. The number of nitrogens with one attached hydrogen (secondary N) is 1. The van der Waals surface area contributed by atoms with Crippen molar-refractivity contribution in [3.05, 3.63) is 0 Å². The first-order valence-electron chi connectivity index (χ1n) is 4.81. The number of hydrogen-bond acceptors (Lipinski definition) is 3. The lowest BCUT2D eigenvalue weighted by atomic mass is 9.99. The highest BCUT2D eigenvalue weighted by Crippen LogP contribution is 2.30. The first-order chi connectivity index (χ1) is 7.43. The van der Waals surface area contributed by atoms with E-state index in [1.807, 2.05) is 0 Å². The second kappa shape index (κ2) is 4.91. The summed E-state index contributed by atoms with van der Waals surface area (Å²) in [6.07, 6.45) is -5.11. The van der Waals surface area contributed by atoms with Crippen molar-refractivity contribution in [3.63, 3.8) is 0 Å². The van der Waals surface area contributed by atoms with Crippen LogP contribution in [0.15, 0.2) is 0 Å². The van der Waals surface area contributed by atoms with Gasteiger partial charge >= 0.3 is 12.1 Å². The number of alkyl halides is 3. The lowest BCUT2D eigenvalue weighted by Gasteiger charge is -2.30. The van der Waals surface area contributed by atoms with Gasteiger partial charge in [0.2, 0.25) is 11.4 Å². The molecule has 0 aliphatic rings. The normalized spacial score (nSPS) is 17.4. The lowest BCUT2D eigenvalue weighted by Crippen LogP contribution is -2.64. The number of carbonyl (C=O) groups is 2. The maximum Gasteiger partial charge on any atom is 0.422 e. The highest BCUT2D eigenvalue weighted by molar-refractivity contribution is 5.90. The van der Waals surface area contributed by atoms with E-state index in [0.29, 0.717) is 6.92 Å². The summed E-state index contributed by atoms with van der Waals surface area (Å²) in [6.45, 7) is 3.45. The molecular weight excluding hydrogens is 241 g/mol.